The molecule has 1 amide bonds. The Morgan fingerprint density at radius 3 is 2.48 bits per heavy atom. The lowest BCUT2D eigenvalue weighted by atomic mass is 10.1. The molecule has 5 nitrogen and oxygen atoms in total. The van der Waals surface area contributed by atoms with E-state index in [0.29, 0.717) is 23.9 Å². The second kappa shape index (κ2) is 7.95. The van der Waals surface area contributed by atoms with Crippen molar-refractivity contribution in [2.45, 2.75) is 13.8 Å². The second-order valence-corrected chi connectivity index (χ2v) is 5.28. The van der Waals surface area contributed by atoms with Crippen LogP contribution in [0, 0.1) is 12.5 Å². The maximum atomic E-state index is 11.5. The van der Waals surface area contributed by atoms with Crippen LogP contribution in [0.5, 0.6) is 0 Å². The van der Waals surface area contributed by atoms with Gasteiger partial charge in [-0.15, -0.1) is 0 Å². The highest BCUT2D eigenvalue weighted by molar-refractivity contribution is 5.85. The smallest absolute Gasteiger partial charge is 0.411 e. The normalized spacial score (nSPS) is 11.0. The van der Waals surface area contributed by atoms with Gasteiger partial charge in [0.2, 0.25) is 5.70 Å². The van der Waals surface area contributed by atoms with Crippen LogP contribution in [-0.2, 0) is 4.74 Å². The predicted molar refractivity (Wildman–Crippen MR) is 84.5 cm³/mol. The van der Waals surface area contributed by atoms with E-state index in [-0.39, 0.29) is 0 Å². The molecular formula is C16H21N3O2. The van der Waals surface area contributed by atoms with Gasteiger partial charge in [-0.25, -0.2) is 9.64 Å². The van der Waals surface area contributed by atoms with E-state index >= 15 is 0 Å². The van der Waals surface area contributed by atoms with Gasteiger partial charge in [-0.1, -0.05) is 26.0 Å². The summed E-state index contributed by atoms with van der Waals surface area (Å²) in [5, 5.41) is 2.65. The van der Waals surface area contributed by atoms with Crippen LogP contribution in [0.2, 0.25) is 0 Å². The quantitative estimate of drug-likeness (QED) is 0.840. The van der Waals surface area contributed by atoms with Crippen LogP contribution in [0.1, 0.15) is 19.4 Å². The summed E-state index contributed by atoms with van der Waals surface area (Å²) >= 11 is 0. The molecule has 0 aliphatic heterocycles. The lowest BCUT2D eigenvalue weighted by Gasteiger charge is -2.10. The first-order valence-electron chi connectivity index (χ1n) is 6.72. The zero-order valence-electron chi connectivity index (χ0n) is 12.9. The average Bonchev–Trinajstić information content (AvgIpc) is 2.43. The Kier molecular flexibility index (Phi) is 6.28. The number of anilines is 1. The monoisotopic (exact) mass is 287 g/mol. The Balaban J connectivity index is 2.70. The summed E-state index contributed by atoms with van der Waals surface area (Å²) in [6, 6.07) is 7.10. The number of rotatable bonds is 5. The van der Waals surface area contributed by atoms with Crippen LogP contribution in [-0.4, -0.2) is 31.7 Å². The van der Waals surface area contributed by atoms with Gasteiger partial charge >= 0.3 is 6.09 Å². The number of carbonyl (C=O) groups is 1. The zero-order valence-corrected chi connectivity index (χ0v) is 12.9. The van der Waals surface area contributed by atoms with Crippen LogP contribution in [0.25, 0.3) is 10.5 Å². The van der Waals surface area contributed by atoms with Gasteiger partial charge in [-0.2, -0.15) is 0 Å². The number of nitrogens with one attached hydrogen (secondary N) is 1. The molecule has 0 heterocycles. The molecule has 1 N–H and O–H groups in total. The molecule has 0 aromatic heterocycles. The second-order valence-electron chi connectivity index (χ2n) is 5.28. The first kappa shape index (κ1) is 16.6. The number of ether oxygens (including phenoxy) is 1. The van der Waals surface area contributed by atoms with Crippen LogP contribution in [0.15, 0.2) is 30.5 Å². The number of hydrogen-bond acceptors (Lipinski definition) is 3. The van der Waals surface area contributed by atoms with Gasteiger partial charge in [-0.3, -0.25) is 5.32 Å². The fraction of sp³-hybridized carbons (Fsp3) is 0.375. The van der Waals surface area contributed by atoms with E-state index in [0.717, 1.165) is 5.56 Å². The number of nitrogens with zero attached hydrogens (tertiary/aromatic N) is 2. The maximum Gasteiger partial charge on any atom is 0.411 e. The lowest BCUT2D eigenvalue weighted by Crippen LogP contribution is -2.16. The number of hydrogen-bond donors (Lipinski definition) is 1. The summed E-state index contributed by atoms with van der Waals surface area (Å²) in [5.41, 5.74) is 2.00. The van der Waals surface area contributed by atoms with E-state index in [1.807, 2.05) is 32.8 Å². The topological polar surface area (TPSA) is 45.9 Å². The summed E-state index contributed by atoms with van der Waals surface area (Å²) in [6.45, 7) is 11.5. The summed E-state index contributed by atoms with van der Waals surface area (Å²) < 4.78 is 5.04. The first-order valence-corrected chi connectivity index (χ1v) is 6.72. The van der Waals surface area contributed by atoms with Gasteiger partial charge < -0.3 is 9.64 Å². The van der Waals surface area contributed by atoms with E-state index in [1.54, 1.807) is 30.5 Å². The summed E-state index contributed by atoms with van der Waals surface area (Å²) in [5.74, 6) is 0.301. The molecule has 0 aliphatic rings. The van der Waals surface area contributed by atoms with Crippen molar-refractivity contribution >= 4 is 17.5 Å². The zero-order chi connectivity index (χ0) is 15.8. The molecule has 1 aromatic rings. The van der Waals surface area contributed by atoms with Crippen LogP contribution in [0.4, 0.5) is 10.5 Å². The van der Waals surface area contributed by atoms with Crippen molar-refractivity contribution in [1.29, 1.82) is 0 Å². The molecule has 0 atom stereocenters. The van der Waals surface area contributed by atoms with Crippen molar-refractivity contribution in [2.24, 2.45) is 5.92 Å². The third-order valence-electron chi connectivity index (χ3n) is 2.48. The molecule has 0 aliphatic carbocycles. The highest BCUT2D eigenvalue weighted by Gasteiger charge is 2.06. The van der Waals surface area contributed by atoms with Gasteiger partial charge in [0.15, 0.2) is 0 Å². The van der Waals surface area contributed by atoms with Crippen LogP contribution < -0.4 is 5.32 Å². The molecule has 0 unspecified atom stereocenters. The van der Waals surface area contributed by atoms with E-state index in [4.69, 9.17) is 11.3 Å². The highest BCUT2D eigenvalue weighted by atomic mass is 16.5. The van der Waals surface area contributed by atoms with Crippen LogP contribution >= 0.6 is 0 Å². The van der Waals surface area contributed by atoms with E-state index < -0.39 is 6.09 Å². The Morgan fingerprint density at radius 2 is 2.00 bits per heavy atom. The number of benzene rings is 1. The molecule has 0 radical (unpaired) electrons. The van der Waals surface area contributed by atoms with Crippen molar-refractivity contribution in [3.05, 3.63) is 47.4 Å². The Morgan fingerprint density at radius 1 is 1.38 bits per heavy atom. The summed E-state index contributed by atoms with van der Waals surface area (Å²) in [4.78, 5) is 16.9. The first-order chi connectivity index (χ1) is 9.92. The largest absolute Gasteiger partial charge is 0.449 e. The third kappa shape index (κ3) is 6.00. The highest BCUT2D eigenvalue weighted by Crippen LogP contribution is 2.19. The Labute approximate surface area is 126 Å². The standard InChI is InChI=1S/C16H21N3O2/c1-12(2)11-21-16(20)18-14-8-6-13(7-9-14)15(17-3)10-19(4)5/h6-10,12H,11H2,1-2,4-5H3,(H,18,20). The average molecular weight is 287 g/mol. The lowest BCUT2D eigenvalue weighted by molar-refractivity contribution is 0.147. The van der Waals surface area contributed by atoms with E-state index in [1.165, 1.54) is 0 Å². The van der Waals surface area contributed by atoms with E-state index in [9.17, 15) is 4.79 Å². The van der Waals surface area contributed by atoms with Gasteiger partial charge in [0.25, 0.3) is 0 Å². The molecule has 0 fully saturated rings. The fourth-order valence-electron chi connectivity index (χ4n) is 1.53. The summed E-state index contributed by atoms with van der Waals surface area (Å²) in [6.07, 6.45) is 1.29. The minimum absolute atomic E-state index is 0.301. The van der Waals surface area contributed by atoms with Crippen molar-refractivity contribution in [3.63, 3.8) is 0 Å². The molecule has 21 heavy (non-hydrogen) atoms. The number of amides is 1. The van der Waals surface area contributed by atoms with Gasteiger partial charge in [-0.05, 0) is 23.6 Å². The SMILES string of the molecule is [C-]#[N+]C(=CN(C)C)c1ccc(NC(=O)OCC(C)C)cc1. The summed E-state index contributed by atoms with van der Waals surface area (Å²) in [7, 11) is 3.73. The van der Waals surface area contributed by atoms with E-state index in [2.05, 4.69) is 10.2 Å². The molecule has 1 rings (SSSR count). The molecule has 0 spiro atoms. The number of carbonyl (C=O) groups excluding carboxylic acids is 1. The van der Waals surface area contributed by atoms with Crippen LogP contribution in [0.3, 0.4) is 0 Å². The molecule has 112 valence electrons. The van der Waals surface area contributed by atoms with Gasteiger partial charge in [0.05, 0.1) is 13.2 Å². The van der Waals surface area contributed by atoms with Gasteiger partial charge in [0, 0.05) is 26.0 Å². The van der Waals surface area contributed by atoms with Crippen molar-refractivity contribution in [3.8, 4) is 0 Å². The molecule has 0 saturated carbocycles. The minimum Gasteiger partial charge on any atom is -0.449 e. The molecule has 1 aromatic carbocycles. The fourth-order valence-corrected chi connectivity index (χ4v) is 1.53. The Bertz CT molecular complexity index is 540. The minimum atomic E-state index is -0.467. The third-order valence-corrected chi connectivity index (χ3v) is 2.48. The molecule has 0 saturated heterocycles. The predicted octanol–water partition coefficient (Wildman–Crippen LogP) is 3.67. The maximum absolute atomic E-state index is 11.5. The van der Waals surface area contributed by atoms with Crippen molar-refractivity contribution < 1.29 is 9.53 Å². The molecule has 5 heteroatoms. The van der Waals surface area contributed by atoms with Crippen molar-refractivity contribution in [2.75, 3.05) is 26.0 Å². The van der Waals surface area contributed by atoms with Crippen molar-refractivity contribution in [1.82, 2.24) is 4.90 Å². The molecule has 0 bridgehead atoms. The molecular weight excluding hydrogens is 266 g/mol. The van der Waals surface area contributed by atoms with Gasteiger partial charge in [0.1, 0.15) is 0 Å². The Hall–Kier alpha value is -2.48.